The van der Waals surface area contributed by atoms with Gasteiger partial charge in [0.15, 0.2) is 6.10 Å². The monoisotopic (exact) mass is 237 g/mol. The molecule has 1 aromatic rings. The van der Waals surface area contributed by atoms with Crippen molar-refractivity contribution in [3.8, 4) is 5.75 Å². The second-order valence-corrected chi connectivity index (χ2v) is 4.09. The van der Waals surface area contributed by atoms with Gasteiger partial charge in [-0.15, -0.1) is 0 Å². The fraction of sp³-hybridized carbons (Fsp3) is 0.462. The molecule has 2 N–H and O–H groups in total. The van der Waals surface area contributed by atoms with Crippen molar-refractivity contribution < 1.29 is 14.6 Å². The van der Waals surface area contributed by atoms with Gasteiger partial charge in [-0.25, -0.2) is 0 Å². The third-order valence-electron chi connectivity index (χ3n) is 2.54. The zero-order valence-corrected chi connectivity index (χ0v) is 10.7. The Kier molecular flexibility index (Phi) is 4.52. The Bertz CT molecular complexity index is 402. The van der Waals surface area contributed by atoms with Crippen LogP contribution in [0.15, 0.2) is 18.2 Å². The average molecular weight is 237 g/mol. The summed E-state index contributed by atoms with van der Waals surface area (Å²) in [4.78, 5) is 11.4. The number of carbonyl (C=O) groups is 1. The van der Waals surface area contributed by atoms with Gasteiger partial charge in [0, 0.05) is 12.6 Å². The van der Waals surface area contributed by atoms with Gasteiger partial charge in [0.1, 0.15) is 5.75 Å². The fourth-order valence-electron chi connectivity index (χ4n) is 1.54. The SMILES string of the molecule is CNC(=O)C(C)Oc1cc(C)ccc1C(C)O. The highest BCUT2D eigenvalue weighted by Gasteiger charge is 2.16. The second-order valence-electron chi connectivity index (χ2n) is 4.09. The molecular formula is C13H19NO3. The molecule has 1 amide bonds. The molecule has 0 fully saturated rings. The topological polar surface area (TPSA) is 58.6 Å². The van der Waals surface area contributed by atoms with Crippen molar-refractivity contribution in [1.29, 1.82) is 0 Å². The summed E-state index contributed by atoms with van der Waals surface area (Å²) >= 11 is 0. The van der Waals surface area contributed by atoms with Crippen molar-refractivity contribution >= 4 is 5.91 Å². The number of nitrogens with one attached hydrogen (secondary N) is 1. The Labute approximate surface area is 102 Å². The van der Waals surface area contributed by atoms with Crippen LogP contribution in [-0.4, -0.2) is 24.2 Å². The summed E-state index contributed by atoms with van der Waals surface area (Å²) in [5.74, 6) is 0.360. The molecule has 2 unspecified atom stereocenters. The average Bonchev–Trinajstić information content (AvgIpc) is 2.27. The van der Waals surface area contributed by atoms with E-state index < -0.39 is 12.2 Å². The first-order chi connectivity index (χ1) is 7.95. The summed E-state index contributed by atoms with van der Waals surface area (Å²) in [6.45, 7) is 5.28. The molecule has 0 aliphatic rings. The molecule has 0 aliphatic heterocycles. The molecule has 2 atom stereocenters. The normalized spacial score (nSPS) is 13.9. The number of aryl methyl sites for hydroxylation is 1. The van der Waals surface area contributed by atoms with Gasteiger partial charge >= 0.3 is 0 Å². The molecule has 0 aromatic heterocycles. The number of amides is 1. The molecule has 0 bridgehead atoms. The number of hydrogen-bond donors (Lipinski definition) is 2. The highest BCUT2D eigenvalue weighted by atomic mass is 16.5. The predicted molar refractivity (Wildman–Crippen MR) is 66.0 cm³/mol. The van der Waals surface area contributed by atoms with Crippen LogP contribution < -0.4 is 10.1 Å². The molecule has 4 nitrogen and oxygen atoms in total. The van der Waals surface area contributed by atoms with Gasteiger partial charge < -0.3 is 15.2 Å². The van der Waals surface area contributed by atoms with Crippen molar-refractivity contribution in [2.24, 2.45) is 0 Å². The van der Waals surface area contributed by atoms with E-state index >= 15 is 0 Å². The van der Waals surface area contributed by atoms with Crippen molar-refractivity contribution in [2.75, 3.05) is 7.05 Å². The lowest BCUT2D eigenvalue weighted by Crippen LogP contribution is -2.34. The molecule has 0 heterocycles. The number of hydrogen-bond acceptors (Lipinski definition) is 3. The van der Waals surface area contributed by atoms with E-state index in [0.29, 0.717) is 11.3 Å². The van der Waals surface area contributed by atoms with E-state index in [2.05, 4.69) is 5.32 Å². The predicted octanol–water partition coefficient (Wildman–Crippen LogP) is 1.56. The molecule has 1 rings (SSSR count). The number of benzene rings is 1. The summed E-state index contributed by atoms with van der Waals surface area (Å²) in [5, 5.41) is 12.1. The van der Waals surface area contributed by atoms with Crippen LogP contribution in [0.1, 0.15) is 31.1 Å². The first kappa shape index (κ1) is 13.5. The molecule has 0 spiro atoms. The van der Waals surface area contributed by atoms with E-state index in [9.17, 15) is 9.90 Å². The Morgan fingerprint density at radius 3 is 2.59 bits per heavy atom. The Hall–Kier alpha value is -1.55. The number of likely N-dealkylation sites (N-methyl/N-ethyl adjacent to an activating group) is 1. The first-order valence-electron chi connectivity index (χ1n) is 5.62. The number of rotatable bonds is 4. The lowest BCUT2D eigenvalue weighted by atomic mass is 10.1. The van der Waals surface area contributed by atoms with Crippen molar-refractivity contribution in [3.05, 3.63) is 29.3 Å². The van der Waals surface area contributed by atoms with Crippen LogP contribution in [0.3, 0.4) is 0 Å². The maximum atomic E-state index is 11.4. The van der Waals surface area contributed by atoms with E-state index in [1.54, 1.807) is 20.9 Å². The van der Waals surface area contributed by atoms with Crippen LogP contribution >= 0.6 is 0 Å². The third-order valence-corrected chi connectivity index (χ3v) is 2.54. The summed E-state index contributed by atoms with van der Waals surface area (Å²) in [6.07, 6.45) is -1.21. The van der Waals surface area contributed by atoms with Gasteiger partial charge in [-0.3, -0.25) is 4.79 Å². The molecule has 0 radical (unpaired) electrons. The van der Waals surface area contributed by atoms with Gasteiger partial charge in [-0.1, -0.05) is 12.1 Å². The van der Waals surface area contributed by atoms with Crippen molar-refractivity contribution in [1.82, 2.24) is 5.32 Å². The molecular weight excluding hydrogens is 218 g/mol. The van der Waals surface area contributed by atoms with Gasteiger partial charge in [0.25, 0.3) is 5.91 Å². The Balaban J connectivity index is 2.96. The number of ether oxygens (including phenoxy) is 1. The number of carbonyl (C=O) groups excluding carboxylic acids is 1. The van der Waals surface area contributed by atoms with Gasteiger partial charge in [-0.05, 0) is 32.4 Å². The smallest absolute Gasteiger partial charge is 0.260 e. The third kappa shape index (κ3) is 3.46. The van der Waals surface area contributed by atoms with Crippen LogP contribution in [0.5, 0.6) is 5.75 Å². The van der Waals surface area contributed by atoms with E-state index in [0.717, 1.165) is 5.56 Å². The van der Waals surface area contributed by atoms with Crippen molar-refractivity contribution in [3.63, 3.8) is 0 Å². The molecule has 0 aliphatic carbocycles. The zero-order chi connectivity index (χ0) is 13.0. The molecule has 4 heteroatoms. The van der Waals surface area contributed by atoms with E-state index in [4.69, 9.17) is 4.74 Å². The minimum absolute atomic E-state index is 0.192. The molecule has 94 valence electrons. The maximum Gasteiger partial charge on any atom is 0.260 e. The summed E-state index contributed by atoms with van der Waals surface area (Å²) in [6, 6.07) is 5.53. The van der Waals surface area contributed by atoms with Gasteiger partial charge in [0.05, 0.1) is 6.10 Å². The van der Waals surface area contributed by atoms with Crippen LogP contribution in [0.2, 0.25) is 0 Å². The number of aliphatic hydroxyl groups is 1. The first-order valence-corrected chi connectivity index (χ1v) is 5.62. The van der Waals surface area contributed by atoms with E-state index in [-0.39, 0.29) is 5.91 Å². The Morgan fingerprint density at radius 2 is 2.06 bits per heavy atom. The summed E-state index contributed by atoms with van der Waals surface area (Å²) in [5.41, 5.74) is 1.71. The van der Waals surface area contributed by atoms with Gasteiger partial charge in [0.2, 0.25) is 0 Å². The second kappa shape index (κ2) is 5.68. The maximum absolute atomic E-state index is 11.4. The standard InChI is InChI=1S/C13H19NO3/c1-8-5-6-11(9(2)15)12(7-8)17-10(3)13(16)14-4/h5-7,9-10,15H,1-4H3,(H,14,16). The van der Waals surface area contributed by atoms with Crippen molar-refractivity contribution in [2.45, 2.75) is 33.0 Å². The van der Waals surface area contributed by atoms with E-state index in [1.807, 2.05) is 25.1 Å². The summed E-state index contributed by atoms with van der Waals surface area (Å²) < 4.78 is 5.57. The minimum atomic E-state index is -0.623. The highest BCUT2D eigenvalue weighted by molar-refractivity contribution is 5.80. The molecule has 0 saturated carbocycles. The molecule has 0 saturated heterocycles. The molecule has 17 heavy (non-hydrogen) atoms. The lowest BCUT2D eigenvalue weighted by molar-refractivity contribution is -0.126. The Morgan fingerprint density at radius 1 is 1.41 bits per heavy atom. The lowest BCUT2D eigenvalue weighted by Gasteiger charge is -2.18. The zero-order valence-electron chi connectivity index (χ0n) is 10.7. The molecule has 1 aromatic carbocycles. The minimum Gasteiger partial charge on any atom is -0.481 e. The van der Waals surface area contributed by atoms with Crippen LogP contribution in [0, 0.1) is 6.92 Å². The number of aliphatic hydroxyl groups excluding tert-OH is 1. The van der Waals surface area contributed by atoms with Crippen LogP contribution in [0.4, 0.5) is 0 Å². The van der Waals surface area contributed by atoms with E-state index in [1.165, 1.54) is 0 Å². The largest absolute Gasteiger partial charge is 0.481 e. The van der Waals surface area contributed by atoms with Crippen LogP contribution in [-0.2, 0) is 4.79 Å². The van der Waals surface area contributed by atoms with Gasteiger partial charge in [-0.2, -0.15) is 0 Å². The summed E-state index contributed by atoms with van der Waals surface area (Å²) in [7, 11) is 1.56. The van der Waals surface area contributed by atoms with Crippen LogP contribution in [0.25, 0.3) is 0 Å². The highest BCUT2D eigenvalue weighted by Crippen LogP contribution is 2.27. The fourth-order valence-corrected chi connectivity index (χ4v) is 1.54. The quantitative estimate of drug-likeness (QED) is 0.835.